The van der Waals surface area contributed by atoms with E-state index in [0.29, 0.717) is 0 Å². The SMILES string of the molecule is Br.[Ca+2].c1ccc([B-](c2ccccc2)(c2ccccc2)c2ccccc2)cc1.c1ccc([B-](c2ccccc2)(c2ccccc2)c2ccccc2)cc1. The van der Waals surface area contributed by atoms with Gasteiger partial charge in [0.25, 0.3) is 0 Å². The molecule has 8 aromatic carbocycles. The van der Waals surface area contributed by atoms with Crippen molar-refractivity contribution in [2.24, 2.45) is 0 Å². The maximum Gasteiger partial charge on any atom is 2.00 e. The molecule has 0 aliphatic carbocycles. The second-order valence-electron chi connectivity index (χ2n) is 13.0. The summed E-state index contributed by atoms with van der Waals surface area (Å²) in [5.74, 6) is 0. The monoisotopic (exact) mass is 758 g/mol. The molecule has 0 spiro atoms. The standard InChI is InChI=1S/2C24H20B.BrH.Ca/c2*1-5-13-21(14-6-1)25(22-15-7-2-8-16-22,23-17-9-3-10-18-23)24-19-11-4-12-20-24;;/h2*1-20H;1H;/q2*-1;;+2. The summed E-state index contributed by atoms with van der Waals surface area (Å²) in [6, 6.07) is 87.1. The molecular formula is C48H41B2BrCa. The zero-order valence-corrected chi connectivity index (χ0v) is 33.3. The van der Waals surface area contributed by atoms with Crippen molar-refractivity contribution in [3.05, 3.63) is 243 Å². The molecule has 0 amide bonds. The Morgan fingerprint density at radius 2 is 0.269 bits per heavy atom. The molecule has 0 N–H and O–H groups in total. The number of hydrogen-bond donors (Lipinski definition) is 0. The van der Waals surface area contributed by atoms with Crippen molar-refractivity contribution in [3.8, 4) is 0 Å². The number of rotatable bonds is 8. The largest absolute Gasteiger partial charge is 2.00 e. The van der Waals surface area contributed by atoms with Crippen molar-refractivity contribution in [2.45, 2.75) is 0 Å². The summed E-state index contributed by atoms with van der Waals surface area (Å²) in [5, 5.41) is 0. The zero-order chi connectivity index (χ0) is 33.9. The maximum atomic E-state index is 2.26. The van der Waals surface area contributed by atoms with Gasteiger partial charge in [-0.05, 0) is 0 Å². The Balaban J connectivity index is 0.000000194. The van der Waals surface area contributed by atoms with E-state index in [0.717, 1.165) is 0 Å². The van der Waals surface area contributed by atoms with Gasteiger partial charge in [-0.25, -0.2) is 0 Å². The van der Waals surface area contributed by atoms with E-state index in [1.165, 1.54) is 43.7 Å². The molecule has 0 heterocycles. The van der Waals surface area contributed by atoms with E-state index in [1.54, 1.807) is 0 Å². The van der Waals surface area contributed by atoms with Crippen LogP contribution in [0, 0.1) is 0 Å². The molecule has 0 atom stereocenters. The average Bonchev–Trinajstić information content (AvgIpc) is 3.22. The van der Waals surface area contributed by atoms with Crippen LogP contribution in [0.15, 0.2) is 243 Å². The quantitative estimate of drug-likeness (QED) is 0.159. The maximum absolute atomic E-state index is 2.26. The fraction of sp³-hybridized carbons (Fsp3) is 0. The minimum Gasteiger partial charge on any atom is -0.195 e. The van der Waals surface area contributed by atoms with Gasteiger partial charge in [-0.2, -0.15) is 43.7 Å². The van der Waals surface area contributed by atoms with Crippen LogP contribution in [0.3, 0.4) is 0 Å². The normalized spacial score (nSPS) is 10.8. The molecule has 8 aromatic rings. The van der Waals surface area contributed by atoms with Gasteiger partial charge < -0.3 is 0 Å². The van der Waals surface area contributed by atoms with E-state index in [9.17, 15) is 0 Å². The van der Waals surface area contributed by atoms with Crippen LogP contribution in [-0.2, 0) is 0 Å². The van der Waals surface area contributed by atoms with Crippen LogP contribution in [-0.4, -0.2) is 50.0 Å². The molecule has 248 valence electrons. The Kier molecular flexibility index (Phi) is 14.1. The van der Waals surface area contributed by atoms with Crippen LogP contribution in [0.25, 0.3) is 0 Å². The third-order valence-corrected chi connectivity index (χ3v) is 10.4. The van der Waals surface area contributed by atoms with Gasteiger partial charge in [0, 0.05) is 0 Å². The summed E-state index contributed by atoms with van der Waals surface area (Å²) in [6.45, 7) is 0. The number of benzene rings is 8. The molecule has 0 nitrogen and oxygen atoms in total. The zero-order valence-electron chi connectivity index (χ0n) is 29.4. The van der Waals surface area contributed by atoms with Crippen molar-refractivity contribution in [1.82, 2.24) is 0 Å². The van der Waals surface area contributed by atoms with Crippen LogP contribution in [0.2, 0.25) is 0 Å². The molecule has 0 bridgehead atoms. The molecule has 0 aromatic heterocycles. The Bertz CT molecular complexity index is 1680. The second-order valence-corrected chi connectivity index (χ2v) is 13.0. The topological polar surface area (TPSA) is 0 Å². The molecule has 0 fully saturated rings. The molecule has 4 heteroatoms. The summed E-state index contributed by atoms with van der Waals surface area (Å²) in [5.41, 5.74) is 10.7. The first-order valence-electron chi connectivity index (χ1n) is 17.6. The van der Waals surface area contributed by atoms with E-state index in [4.69, 9.17) is 0 Å². The molecule has 8 rings (SSSR count). The van der Waals surface area contributed by atoms with Gasteiger partial charge in [0.1, 0.15) is 12.3 Å². The van der Waals surface area contributed by atoms with Gasteiger partial charge in [0.2, 0.25) is 0 Å². The predicted octanol–water partition coefficient (Wildman–Crippen LogP) is 6.33. The van der Waals surface area contributed by atoms with Gasteiger partial charge in [-0.3, -0.25) is 0 Å². The molecule has 0 aliphatic rings. The van der Waals surface area contributed by atoms with Gasteiger partial charge >= 0.3 is 37.7 Å². The molecule has 52 heavy (non-hydrogen) atoms. The Morgan fingerprint density at radius 1 is 0.173 bits per heavy atom. The predicted molar refractivity (Wildman–Crippen MR) is 236 cm³/mol. The summed E-state index contributed by atoms with van der Waals surface area (Å²) < 4.78 is 0. The first-order chi connectivity index (χ1) is 24.8. The first kappa shape index (κ1) is 38.9. The Hall–Kier alpha value is -4.37. The van der Waals surface area contributed by atoms with Crippen LogP contribution >= 0.6 is 17.0 Å². The van der Waals surface area contributed by atoms with Gasteiger partial charge in [-0.15, -0.1) is 17.0 Å². The molecular weight excluding hydrogens is 718 g/mol. The Morgan fingerprint density at radius 3 is 0.365 bits per heavy atom. The third kappa shape index (κ3) is 7.85. The summed E-state index contributed by atoms with van der Waals surface area (Å²) in [6.07, 6.45) is -2.43. The van der Waals surface area contributed by atoms with Crippen molar-refractivity contribution in [3.63, 3.8) is 0 Å². The Labute approximate surface area is 350 Å². The van der Waals surface area contributed by atoms with E-state index in [2.05, 4.69) is 243 Å². The molecule has 0 unspecified atom stereocenters. The fourth-order valence-corrected chi connectivity index (χ4v) is 8.24. The van der Waals surface area contributed by atoms with Crippen molar-refractivity contribution < 1.29 is 0 Å². The van der Waals surface area contributed by atoms with Crippen molar-refractivity contribution in [2.75, 3.05) is 0 Å². The van der Waals surface area contributed by atoms with Gasteiger partial charge in [0.05, 0.1) is 0 Å². The van der Waals surface area contributed by atoms with Crippen LogP contribution < -0.4 is 43.7 Å². The third-order valence-electron chi connectivity index (χ3n) is 10.4. The van der Waals surface area contributed by atoms with Crippen molar-refractivity contribution >= 4 is 111 Å². The number of halogens is 1. The van der Waals surface area contributed by atoms with E-state index >= 15 is 0 Å². The molecule has 0 aliphatic heterocycles. The van der Waals surface area contributed by atoms with Gasteiger partial charge in [-0.1, -0.05) is 243 Å². The second kappa shape index (κ2) is 18.9. The van der Waals surface area contributed by atoms with E-state index in [-0.39, 0.29) is 54.7 Å². The number of hydrogen-bond acceptors (Lipinski definition) is 0. The molecule has 0 saturated carbocycles. The minimum absolute atomic E-state index is 0. The van der Waals surface area contributed by atoms with Crippen LogP contribution in [0.5, 0.6) is 0 Å². The fourth-order valence-electron chi connectivity index (χ4n) is 8.24. The molecule has 0 radical (unpaired) electrons. The molecule has 0 saturated heterocycles. The smallest absolute Gasteiger partial charge is 0.195 e. The van der Waals surface area contributed by atoms with Gasteiger partial charge in [0.15, 0.2) is 0 Å². The first-order valence-corrected chi connectivity index (χ1v) is 17.6. The average molecular weight is 759 g/mol. The summed E-state index contributed by atoms with van der Waals surface area (Å²) in [4.78, 5) is 0. The van der Waals surface area contributed by atoms with E-state index in [1.807, 2.05) is 0 Å². The summed E-state index contributed by atoms with van der Waals surface area (Å²) >= 11 is 0. The van der Waals surface area contributed by atoms with Crippen LogP contribution in [0.1, 0.15) is 0 Å². The van der Waals surface area contributed by atoms with Crippen molar-refractivity contribution in [1.29, 1.82) is 0 Å². The summed E-state index contributed by atoms with van der Waals surface area (Å²) in [7, 11) is 0. The van der Waals surface area contributed by atoms with E-state index < -0.39 is 12.3 Å². The van der Waals surface area contributed by atoms with Crippen LogP contribution in [0.4, 0.5) is 0 Å². The minimum atomic E-state index is -1.22.